The second-order valence-electron chi connectivity index (χ2n) is 12.8. The molecule has 4 aromatic rings. The molecule has 266 valence electrons. The molecule has 50 heavy (non-hydrogen) atoms. The van der Waals surface area contributed by atoms with Gasteiger partial charge in [0.2, 0.25) is 5.91 Å². The second-order valence-corrected chi connectivity index (χ2v) is 13.8. The van der Waals surface area contributed by atoms with Crippen molar-refractivity contribution >= 4 is 22.9 Å². The van der Waals surface area contributed by atoms with Crippen molar-refractivity contribution in [2.75, 3.05) is 25.0 Å². The molecule has 1 aliphatic heterocycles. The van der Waals surface area contributed by atoms with Crippen LogP contribution < -0.4 is 10.6 Å². The maximum Gasteiger partial charge on any atom is 0.416 e. The number of alkyl halides is 6. The van der Waals surface area contributed by atoms with E-state index < -0.39 is 57.5 Å². The number of amides is 1. The minimum absolute atomic E-state index is 0.0255. The Balaban J connectivity index is 1.60. The van der Waals surface area contributed by atoms with E-state index in [1.54, 1.807) is 6.92 Å². The highest BCUT2D eigenvalue weighted by Gasteiger charge is 2.44. The molecule has 0 atom stereocenters. The number of halogens is 7. The largest absolute Gasteiger partial charge is 0.416 e. The van der Waals surface area contributed by atoms with Gasteiger partial charge in [0.15, 0.2) is 0 Å². The average molecular weight is 725 g/mol. The fraction of sp³-hybridized carbons (Fsp3) is 0.394. The van der Waals surface area contributed by atoms with E-state index in [4.69, 9.17) is 0 Å². The molecule has 0 aliphatic carbocycles. The molecule has 2 aromatic heterocycles. The number of carbonyl (C=O) groups excluding carboxylic acids is 1. The summed E-state index contributed by atoms with van der Waals surface area (Å²) in [7, 11) is 1.24. The molecule has 2 aromatic carbocycles. The Kier molecular flexibility index (Phi) is 9.54. The number of piperidine rings is 1. The third kappa shape index (κ3) is 7.05. The molecule has 1 aliphatic rings. The number of likely N-dealkylation sites (N-methyl/N-ethyl adjacent to an activating group) is 1. The number of likely N-dealkylation sites (tertiary alicyclic amines) is 1. The first kappa shape index (κ1) is 36.7. The number of rotatable bonds is 7. The molecule has 1 amide bonds. The molecule has 0 spiro atoms. The van der Waals surface area contributed by atoms with Gasteiger partial charge in [-0.1, -0.05) is 6.07 Å². The first-order valence-electron chi connectivity index (χ1n) is 15.2. The van der Waals surface area contributed by atoms with Gasteiger partial charge in [-0.15, -0.1) is 11.3 Å². The highest BCUT2D eigenvalue weighted by Crippen LogP contribution is 2.50. The number of aliphatic hydroxyl groups is 1. The average Bonchev–Trinajstić information content (AvgIpc) is 3.63. The molecule has 3 N–H and O–H groups in total. The fourth-order valence-corrected chi connectivity index (χ4v) is 7.62. The molecule has 3 heterocycles. The number of aromatic amines is 2. The van der Waals surface area contributed by atoms with Crippen molar-refractivity contribution in [3.8, 4) is 16.5 Å². The van der Waals surface area contributed by atoms with Gasteiger partial charge in [-0.25, -0.2) is 14.3 Å². The number of aryl methyl sites for hydroxylation is 1. The van der Waals surface area contributed by atoms with Crippen LogP contribution >= 0.6 is 11.3 Å². The Bertz CT molecular complexity index is 2000. The van der Waals surface area contributed by atoms with Crippen molar-refractivity contribution in [1.29, 1.82) is 5.26 Å². The second kappa shape index (κ2) is 13.0. The van der Waals surface area contributed by atoms with Crippen LogP contribution in [0, 0.1) is 24.1 Å². The number of nitrogens with one attached hydrogen (secondary N) is 2. The zero-order valence-electron chi connectivity index (χ0n) is 27.1. The zero-order valence-corrected chi connectivity index (χ0v) is 27.9. The van der Waals surface area contributed by atoms with Gasteiger partial charge in [0, 0.05) is 20.1 Å². The summed E-state index contributed by atoms with van der Waals surface area (Å²) in [5, 5.41) is 28.7. The number of thiophene rings is 1. The van der Waals surface area contributed by atoms with E-state index in [0.29, 0.717) is 42.2 Å². The molecule has 17 heteroatoms. The lowest BCUT2D eigenvalue weighted by Gasteiger charge is -2.37. The molecule has 9 nitrogen and oxygen atoms in total. The Labute approximate surface area is 285 Å². The monoisotopic (exact) mass is 724 g/mol. The minimum atomic E-state index is -5.15. The van der Waals surface area contributed by atoms with Crippen LogP contribution in [0.15, 0.2) is 41.2 Å². The standard InChI is InChI=1S/C33H31F7N6O3S/c1-17-11-21(34)5-6-22(17)26-25(23(15-41)27(50-26)31(49)7-9-46(10-8-31)16-24-42-29(48)44-43-24)45(4)28(47)30(2,3)18-12-19(32(35,36)37)14-20(13-18)33(38,39)40/h5-6,11-14,49H,7-10,16H2,1-4H3,(H2,42,43,44,48). The maximum atomic E-state index is 14.3. The van der Waals surface area contributed by atoms with E-state index in [1.165, 1.54) is 33.0 Å². The SMILES string of the molecule is Cc1cc(F)ccc1-c1sc(C2(O)CCN(Cc3n[nH]c(=O)[nH]3)CC2)c(C#N)c1N(C)C(=O)C(C)(C)c1cc(C(F)(F)F)cc(C(F)(F)F)c1. The van der Waals surface area contributed by atoms with Gasteiger partial charge in [0.1, 0.15) is 23.3 Å². The number of hydrogen-bond acceptors (Lipinski definition) is 7. The molecule has 1 fully saturated rings. The summed E-state index contributed by atoms with van der Waals surface area (Å²) >= 11 is 0.992. The molecule has 0 radical (unpaired) electrons. The number of carbonyl (C=O) groups is 1. The van der Waals surface area contributed by atoms with Gasteiger partial charge < -0.3 is 10.0 Å². The van der Waals surface area contributed by atoms with Gasteiger partial charge in [0.05, 0.1) is 44.1 Å². The van der Waals surface area contributed by atoms with E-state index in [2.05, 4.69) is 21.3 Å². The Morgan fingerprint density at radius 2 is 1.64 bits per heavy atom. The Hall–Kier alpha value is -4.53. The molecule has 0 bridgehead atoms. The number of nitriles is 1. The van der Waals surface area contributed by atoms with E-state index in [-0.39, 0.29) is 46.5 Å². The van der Waals surface area contributed by atoms with Crippen LogP contribution in [0.25, 0.3) is 10.4 Å². The number of aromatic nitrogens is 3. The van der Waals surface area contributed by atoms with Crippen molar-refractivity contribution in [1.82, 2.24) is 20.1 Å². The highest BCUT2D eigenvalue weighted by atomic mass is 32.1. The first-order chi connectivity index (χ1) is 23.2. The molecule has 5 rings (SSSR count). The van der Waals surface area contributed by atoms with Gasteiger partial charge in [0.25, 0.3) is 0 Å². The fourth-order valence-electron chi connectivity index (χ4n) is 6.10. The predicted molar refractivity (Wildman–Crippen MR) is 170 cm³/mol. The Morgan fingerprint density at radius 3 is 2.14 bits per heavy atom. The number of nitrogens with zero attached hydrogens (tertiary/aromatic N) is 4. The smallest absolute Gasteiger partial charge is 0.384 e. The highest BCUT2D eigenvalue weighted by molar-refractivity contribution is 7.16. The van der Waals surface area contributed by atoms with Crippen LogP contribution in [0.3, 0.4) is 0 Å². The number of hydrogen-bond donors (Lipinski definition) is 3. The van der Waals surface area contributed by atoms with Crippen LogP contribution in [0.2, 0.25) is 0 Å². The zero-order chi connectivity index (χ0) is 37.0. The van der Waals surface area contributed by atoms with E-state index >= 15 is 0 Å². The summed E-state index contributed by atoms with van der Waals surface area (Å²) in [6.07, 6.45) is -10.1. The first-order valence-corrected chi connectivity index (χ1v) is 16.0. The van der Waals surface area contributed by atoms with E-state index in [9.17, 15) is 50.7 Å². The van der Waals surface area contributed by atoms with Crippen LogP contribution in [-0.4, -0.2) is 51.2 Å². The normalized spacial score (nSPS) is 15.6. The lowest BCUT2D eigenvalue weighted by Crippen LogP contribution is -2.43. The van der Waals surface area contributed by atoms with Crippen molar-refractivity contribution in [3.05, 3.63) is 91.2 Å². The molecular formula is C33H31F7N6O3S. The van der Waals surface area contributed by atoms with Crippen molar-refractivity contribution < 1.29 is 40.6 Å². The molecular weight excluding hydrogens is 693 g/mol. The number of H-pyrrole nitrogens is 2. The Morgan fingerprint density at radius 1 is 1.06 bits per heavy atom. The summed E-state index contributed by atoms with van der Waals surface area (Å²) in [6.45, 7) is 4.85. The maximum absolute atomic E-state index is 14.3. The summed E-state index contributed by atoms with van der Waals surface area (Å²) < 4.78 is 96.6. The van der Waals surface area contributed by atoms with Crippen LogP contribution in [0.1, 0.15) is 65.2 Å². The number of anilines is 1. The quantitative estimate of drug-likeness (QED) is 0.184. The van der Waals surface area contributed by atoms with E-state index in [0.717, 1.165) is 22.3 Å². The third-order valence-corrected chi connectivity index (χ3v) is 10.3. The molecule has 0 unspecified atom stereocenters. The number of benzene rings is 2. The summed E-state index contributed by atoms with van der Waals surface area (Å²) in [6, 6.07) is 6.84. The predicted octanol–water partition coefficient (Wildman–Crippen LogP) is 6.61. The minimum Gasteiger partial charge on any atom is -0.384 e. The molecule has 0 saturated carbocycles. The van der Waals surface area contributed by atoms with Gasteiger partial charge >= 0.3 is 18.0 Å². The molecule has 1 saturated heterocycles. The van der Waals surface area contributed by atoms with Gasteiger partial charge in [-0.3, -0.25) is 14.7 Å². The third-order valence-electron chi connectivity index (χ3n) is 8.94. The summed E-state index contributed by atoms with van der Waals surface area (Å²) in [4.78, 5) is 31.6. The van der Waals surface area contributed by atoms with Crippen molar-refractivity contribution in [2.45, 2.75) is 63.5 Å². The lowest BCUT2D eigenvalue weighted by atomic mass is 9.81. The summed E-state index contributed by atoms with van der Waals surface area (Å²) in [5.74, 6) is -1.12. The van der Waals surface area contributed by atoms with Crippen molar-refractivity contribution in [2.24, 2.45) is 0 Å². The van der Waals surface area contributed by atoms with Crippen molar-refractivity contribution in [3.63, 3.8) is 0 Å². The van der Waals surface area contributed by atoms with Crippen LogP contribution in [-0.2, 0) is 34.7 Å². The van der Waals surface area contributed by atoms with Crippen LogP contribution in [0.5, 0.6) is 0 Å². The van der Waals surface area contributed by atoms with Gasteiger partial charge in [-0.05, 0) is 80.6 Å². The van der Waals surface area contributed by atoms with E-state index in [1.807, 2.05) is 4.90 Å². The topological polar surface area (TPSA) is 129 Å². The van der Waals surface area contributed by atoms with Crippen LogP contribution in [0.4, 0.5) is 36.4 Å². The lowest BCUT2D eigenvalue weighted by molar-refractivity contribution is -0.143. The summed E-state index contributed by atoms with van der Waals surface area (Å²) in [5.41, 5.74) is -7.14. The van der Waals surface area contributed by atoms with Gasteiger partial charge in [-0.2, -0.15) is 36.7 Å².